The normalized spacial score (nSPS) is 22.6. The molecule has 3 heteroatoms. The Labute approximate surface area is 106 Å². The van der Waals surface area contributed by atoms with Gasteiger partial charge >= 0.3 is 5.97 Å². The van der Waals surface area contributed by atoms with Gasteiger partial charge in [-0.15, -0.1) is 0 Å². The Balaban J connectivity index is 2.53. The largest absolute Gasteiger partial charge is 0.466 e. The van der Waals surface area contributed by atoms with Crippen LogP contribution in [0.1, 0.15) is 18.1 Å². The highest BCUT2D eigenvalue weighted by atomic mass is 32.2. The summed E-state index contributed by atoms with van der Waals surface area (Å²) in [6.07, 6.45) is 4.86. The van der Waals surface area contributed by atoms with Crippen LogP contribution in [-0.4, -0.2) is 24.1 Å². The van der Waals surface area contributed by atoms with Gasteiger partial charge in [0.25, 0.3) is 0 Å². The second-order valence-electron chi connectivity index (χ2n) is 4.36. The number of benzene rings is 1. The van der Waals surface area contributed by atoms with Gasteiger partial charge in [0.1, 0.15) is 0 Å². The molecule has 0 heterocycles. The fourth-order valence-corrected chi connectivity index (χ4v) is 2.83. The third-order valence-electron chi connectivity index (χ3n) is 3.31. The molecule has 1 aromatic carbocycles. The zero-order valence-corrected chi connectivity index (χ0v) is 11.1. The SMILES string of the molecule is COC(=O)C1=Cc2ccccc2CC1(C)SC. The molecule has 0 aliphatic heterocycles. The summed E-state index contributed by atoms with van der Waals surface area (Å²) >= 11 is 1.69. The van der Waals surface area contributed by atoms with Crippen molar-refractivity contribution in [1.29, 1.82) is 0 Å². The summed E-state index contributed by atoms with van der Waals surface area (Å²) in [6.45, 7) is 2.09. The van der Waals surface area contributed by atoms with Crippen LogP contribution in [0.15, 0.2) is 29.8 Å². The number of ether oxygens (including phenoxy) is 1. The van der Waals surface area contributed by atoms with Crippen molar-refractivity contribution in [3.63, 3.8) is 0 Å². The highest BCUT2D eigenvalue weighted by molar-refractivity contribution is 8.00. The van der Waals surface area contributed by atoms with Gasteiger partial charge in [0.15, 0.2) is 0 Å². The molecule has 0 saturated heterocycles. The number of fused-ring (bicyclic) bond motifs is 1. The first-order valence-corrected chi connectivity index (χ1v) is 6.77. The topological polar surface area (TPSA) is 26.3 Å². The zero-order chi connectivity index (χ0) is 12.5. The first kappa shape index (κ1) is 12.2. The number of thioether (sulfide) groups is 1. The first-order valence-electron chi connectivity index (χ1n) is 5.54. The molecule has 1 aliphatic carbocycles. The van der Waals surface area contributed by atoms with Crippen molar-refractivity contribution in [3.05, 3.63) is 41.0 Å². The quantitative estimate of drug-likeness (QED) is 0.753. The lowest BCUT2D eigenvalue weighted by molar-refractivity contribution is -0.136. The van der Waals surface area contributed by atoms with Crippen LogP contribution in [0, 0.1) is 0 Å². The zero-order valence-electron chi connectivity index (χ0n) is 10.3. The summed E-state index contributed by atoms with van der Waals surface area (Å²) in [7, 11) is 1.43. The summed E-state index contributed by atoms with van der Waals surface area (Å²) in [5.41, 5.74) is 3.17. The molecule has 1 atom stereocenters. The molecule has 0 N–H and O–H groups in total. The Bertz CT molecular complexity index is 479. The average molecular weight is 248 g/mol. The van der Waals surface area contributed by atoms with Gasteiger partial charge in [0.05, 0.1) is 12.7 Å². The maximum absolute atomic E-state index is 11.8. The fourth-order valence-electron chi connectivity index (χ4n) is 2.17. The van der Waals surface area contributed by atoms with E-state index in [9.17, 15) is 4.79 Å². The predicted molar refractivity (Wildman–Crippen MR) is 72.1 cm³/mol. The summed E-state index contributed by atoms with van der Waals surface area (Å²) in [5, 5.41) is 0. The molecule has 2 nitrogen and oxygen atoms in total. The van der Waals surface area contributed by atoms with Crippen LogP contribution >= 0.6 is 11.8 Å². The van der Waals surface area contributed by atoms with Crippen LogP contribution in [0.5, 0.6) is 0 Å². The molecule has 0 fully saturated rings. The van der Waals surface area contributed by atoms with Crippen molar-refractivity contribution in [2.75, 3.05) is 13.4 Å². The van der Waals surface area contributed by atoms with E-state index < -0.39 is 0 Å². The van der Waals surface area contributed by atoms with Crippen LogP contribution in [0.2, 0.25) is 0 Å². The number of carbonyl (C=O) groups is 1. The van der Waals surface area contributed by atoms with Gasteiger partial charge in [-0.3, -0.25) is 0 Å². The third-order valence-corrected chi connectivity index (χ3v) is 4.57. The smallest absolute Gasteiger partial charge is 0.335 e. The summed E-state index contributed by atoms with van der Waals surface area (Å²) in [4.78, 5) is 11.8. The molecule has 0 amide bonds. The molecule has 0 saturated carbocycles. The molecule has 2 rings (SSSR count). The fraction of sp³-hybridized carbons (Fsp3) is 0.357. The average Bonchev–Trinajstić information content (AvgIpc) is 2.37. The van der Waals surface area contributed by atoms with E-state index in [4.69, 9.17) is 4.74 Å². The molecule has 0 spiro atoms. The highest BCUT2D eigenvalue weighted by Gasteiger charge is 2.36. The van der Waals surface area contributed by atoms with Crippen LogP contribution in [0.25, 0.3) is 6.08 Å². The lowest BCUT2D eigenvalue weighted by Crippen LogP contribution is -2.33. The predicted octanol–water partition coefficient (Wildman–Crippen LogP) is 2.92. The molecule has 1 unspecified atom stereocenters. The van der Waals surface area contributed by atoms with Gasteiger partial charge in [-0.1, -0.05) is 24.3 Å². The highest BCUT2D eigenvalue weighted by Crippen LogP contribution is 2.40. The van der Waals surface area contributed by atoms with Crippen molar-refractivity contribution in [3.8, 4) is 0 Å². The minimum Gasteiger partial charge on any atom is -0.466 e. The van der Waals surface area contributed by atoms with Crippen molar-refractivity contribution >= 4 is 23.8 Å². The maximum atomic E-state index is 11.8. The molecular weight excluding hydrogens is 232 g/mol. The van der Waals surface area contributed by atoms with Gasteiger partial charge in [-0.2, -0.15) is 11.8 Å². The Kier molecular flexibility index (Phi) is 3.29. The Morgan fingerprint density at radius 2 is 2.12 bits per heavy atom. The second-order valence-corrected chi connectivity index (χ2v) is 5.67. The standard InChI is InChI=1S/C14H16O2S/c1-14(17-3)9-11-7-5-4-6-10(11)8-12(14)13(15)16-2/h4-8H,9H2,1-3H3. The monoisotopic (exact) mass is 248 g/mol. The first-order chi connectivity index (χ1) is 8.10. The lowest BCUT2D eigenvalue weighted by Gasteiger charge is -2.33. The summed E-state index contributed by atoms with van der Waals surface area (Å²) < 4.78 is 4.69. The van der Waals surface area contributed by atoms with Gasteiger partial charge in [0.2, 0.25) is 0 Å². The van der Waals surface area contributed by atoms with Crippen molar-refractivity contribution in [2.24, 2.45) is 0 Å². The van der Waals surface area contributed by atoms with Crippen molar-refractivity contribution in [1.82, 2.24) is 0 Å². The van der Waals surface area contributed by atoms with Gasteiger partial charge in [-0.25, -0.2) is 4.79 Å². The Morgan fingerprint density at radius 3 is 2.76 bits per heavy atom. The van der Waals surface area contributed by atoms with Crippen LogP contribution < -0.4 is 0 Å². The van der Waals surface area contributed by atoms with E-state index in [0.29, 0.717) is 0 Å². The molecule has 0 radical (unpaired) electrons. The number of hydrogen-bond acceptors (Lipinski definition) is 3. The Morgan fingerprint density at radius 1 is 1.41 bits per heavy atom. The van der Waals surface area contributed by atoms with E-state index in [0.717, 1.165) is 17.6 Å². The lowest BCUT2D eigenvalue weighted by atomic mass is 9.84. The molecule has 1 aromatic rings. The number of methoxy groups -OCH3 is 1. The van der Waals surface area contributed by atoms with Crippen molar-refractivity contribution in [2.45, 2.75) is 18.1 Å². The number of hydrogen-bond donors (Lipinski definition) is 0. The van der Waals surface area contributed by atoms with E-state index >= 15 is 0 Å². The van der Waals surface area contributed by atoms with Crippen LogP contribution in [0.3, 0.4) is 0 Å². The Hall–Kier alpha value is -1.22. The summed E-state index contributed by atoms with van der Waals surface area (Å²) in [5.74, 6) is -0.226. The van der Waals surface area contributed by atoms with Crippen LogP contribution in [0.4, 0.5) is 0 Å². The second kappa shape index (κ2) is 4.57. The van der Waals surface area contributed by atoms with E-state index in [1.165, 1.54) is 12.7 Å². The van der Waals surface area contributed by atoms with E-state index in [1.54, 1.807) is 11.8 Å². The minimum absolute atomic E-state index is 0.193. The minimum atomic E-state index is -0.226. The molecule has 17 heavy (non-hydrogen) atoms. The molecule has 0 aromatic heterocycles. The van der Waals surface area contributed by atoms with Gasteiger partial charge in [-0.05, 0) is 36.8 Å². The third kappa shape index (κ3) is 2.12. The van der Waals surface area contributed by atoms with E-state index in [1.807, 2.05) is 30.5 Å². The van der Waals surface area contributed by atoms with Gasteiger partial charge in [0, 0.05) is 4.75 Å². The maximum Gasteiger partial charge on any atom is 0.335 e. The van der Waals surface area contributed by atoms with Crippen LogP contribution in [-0.2, 0) is 16.0 Å². The number of rotatable bonds is 2. The summed E-state index contributed by atoms with van der Waals surface area (Å²) in [6, 6.07) is 8.19. The molecular formula is C14H16O2S. The number of esters is 1. The van der Waals surface area contributed by atoms with E-state index in [2.05, 4.69) is 13.0 Å². The number of carbonyl (C=O) groups excluding carboxylic acids is 1. The molecule has 0 bridgehead atoms. The van der Waals surface area contributed by atoms with Crippen molar-refractivity contribution < 1.29 is 9.53 Å². The molecule has 90 valence electrons. The van der Waals surface area contributed by atoms with Gasteiger partial charge < -0.3 is 4.74 Å². The van der Waals surface area contributed by atoms with E-state index in [-0.39, 0.29) is 10.7 Å². The molecule has 1 aliphatic rings.